The molecule has 0 unspecified atom stereocenters. The number of aromatic nitrogens is 1. The molecule has 0 spiro atoms. The van der Waals surface area contributed by atoms with E-state index < -0.39 is 0 Å². The van der Waals surface area contributed by atoms with Crippen molar-refractivity contribution in [2.45, 2.75) is 46.5 Å². The third-order valence-corrected chi connectivity index (χ3v) is 6.60. The van der Waals surface area contributed by atoms with Crippen LogP contribution in [0.3, 0.4) is 0 Å². The molecule has 2 aromatic rings. The first kappa shape index (κ1) is 19.7. The largest absolute Gasteiger partial charge is 0.339 e. The maximum atomic E-state index is 13.2. The molecule has 154 valence electrons. The molecular weight excluding hydrogens is 362 g/mol. The number of nitrogens with zero attached hydrogens (tertiary/aromatic N) is 3. The van der Waals surface area contributed by atoms with Crippen molar-refractivity contribution in [3.63, 3.8) is 0 Å². The second kappa shape index (κ2) is 8.05. The summed E-state index contributed by atoms with van der Waals surface area (Å²) >= 11 is 0. The van der Waals surface area contributed by atoms with Crippen molar-refractivity contribution in [3.05, 3.63) is 52.8 Å². The highest BCUT2D eigenvalue weighted by molar-refractivity contribution is 5.96. The van der Waals surface area contributed by atoms with Gasteiger partial charge in [0.1, 0.15) is 0 Å². The van der Waals surface area contributed by atoms with E-state index in [9.17, 15) is 9.59 Å². The number of carbonyl (C=O) groups excluding carboxylic acids is 2. The third-order valence-electron chi connectivity index (χ3n) is 6.60. The Morgan fingerprint density at radius 3 is 2.17 bits per heavy atom. The molecule has 29 heavy (non-hydrogen) atoms. The van der Waals surface area contributed by atoms with E-state index in [1.807, 2.05) is 34.9 Å². The van der Waals surface area contributed by atoms with Crippen LogP contribution in [0, 0.1) is 26.7 Å². The van der Waals surface area contributed by atoms with Gasteiger partial charge in [0.2, 0.25) is 5.91 Å². The average molecular weight is 394 g/mol. The summed E-state index contributed by atoms with van der Waals surface area (Å²) in [5.74, 6) is 0.587. The minimum Gasteiger partial charge on any atom is -0.339 e. The molecule has 0 bridgehead atoms. The Labute approximate surface area is 173 Å². The molecule has 0 atom stereocenters. The number of amides is 2. The van der Waals surface area contributed by atoms with E-state index in [1.165, 1.54) is 18.4 Å². The van der Waals surface area contributed by atoms with Crippen LogP contribution in [0.1, 0.15) is 53.0 Å². The Morgan fingerprint density at radius 1 is 0.897 bits per heavy atom. The Balaban J connectivity index is 1.48. The summed E-state index contributed by atoms with van der Waals surface area (Å²) in [4.78, 5) is 29.8. The molecule has 0 radical (unpaired) electrons. The van der Waals surface area contributed by atoms with Crippen molar-refractivity contribution in [2.24, 2.45) is 5.92 Å². The normalized spacial score (nSPS) is 17.8. The van der Waals surface area contributed by atoms with Crippen LogP contribution in [0.4, 0.5) is 0 Å². The monoisotopic (exact) mass is 393 g/mol. The second-order valence-electron chi connectivity index (χ2n) is 8.51. The maximum Gasteiger partial charge on any atom is 0.255 e. The quantitative estimate of drug-likeness (QED) is 0.794. The fourth-order valence-corrected chi connectivity index (χ4v) is 4.90. The topological polar surface area (TPSA) is 45.6 Å². The predicted molar refractivity (Wildman–Crippen MR) is 114 cm³/mol. The molecule has 2 amide bonds. The number of carbonyl (C=O) groups is 2. The summed E-state index contributed by atoms with van der Waals surface area (Å²) in [6.45, 7) is 8.70. The standard InChI is InChI=1S/C24H31N3O2/c1-17-8-4-7-11-22(17)27-18(2)16-21(19(27)3)24(29)26-14-12-25(13-15-26)23(28)20-9-5-6-10-20/h4,7-8,11,16,20H,5-6,9-10,12-15H2,1-3H3. The highest BCUT2D eigenvalue weighted by atomic mass is 16.2. The number of aryl methyl sites for hydroxylation is 2. The van der Waals surface area contributed by atoms with Gasteiger partial charge in [0, 0.05) is 49.2 Å². The molecule has 5 nitrogen and oxygen atoms in total. The van der Waals surface area contributed by atoms with Crippen molar-refractivity contribution in [3.8, 4) is 5.69 Å². The summed E-state index contributed by atoms with van der Waals surface area (Å²) in [6.07, 6.45) is 4.41. The van der Waals surface area contributed by atoms with Crippen LogP contribution in [0.25, 0.3) is 5.69 Å². The summed E-state index contributed by atoms with van der Waals surface area (Å²) in [7, 11) is 0. The molecule has 1 saturated carbocycles. The number of hydrogen-bond acceptors (Lipinski definition) is 2. The lowest BCUT2D eigenvalue weighted by atomic mass is 10.1. The smallest absolute Gasteiger partial charge is 0.255 e. The van der Waals surface area contributed by atoms with E-state index in [0.29, 0.717) is 32.1 Å². The summed E-state index contributed by atoms with van der Waals surface area (Å²) in [5.41, 5.74) is 5.11. The van der Waals surface area contributed by atoms with Gasteiger partial charge in [0.05, 0.1) is 5.56 Å². The average Bonchev–Trinajstić information content (AvgIpc) is 3.36. The van der Waals surface area contributed by atoms with Gasteiger partial charge in [-0.05, 0) is 51.3 Å². The maximum absolute atomic E-state index is 13.2. The Hall–Kier alpha value is -2.56. The van der Waals surface area contributed by atoms with Crippen LogP contribution >= 0.6 is 0 Å². The van der Waals surface area contributed by atoms with Gasteiger partial charge in [-0.25, -0.2) is 0 Å². The van der Waals surface area contributed by atoms with Gasteiger partial charge >= 0.3 is 0 Å². The van der Waals surface area contributed by atoms with E-state index in [-0.39, 0.29) is 11.8 Å². The van der Waals surface area contributed by atoms with Crippen LogP contribution in [0.5, 0.6) is 0 Å². The minimum absolute atomic E-state index is 0.0749. The predicted octanol–water partition coefficient (Wildman–Crippen LogP) is 3.88. The molecular formula is C24H31N3O2. The summed E-state index contributed by atoms with van der Waals surface area (Å²) < 4.78 is 2.17. The van der Waals surface area contributed by atoms with Gasteiger partial charge in [0.25, 0.3) is 5.91 Å². The molecule has 2 heterocycles. The fraction of sp³-hybridized carbons (Fsp3) is 0.500. The van der Waals surface area contributed by atoms with Crippen LogP contribution < -0.4 is 0 Å². The van der Waals surface area contributed by atoms with E-state index in [4.69, 9.17) is 0 Å². The number of rotatable bonds is 3. The van der Waals surface area contributed by atoms with Crippen molar-refractivity contribution in [1.29, 1.82) is 0 Å². The number of piperazine rings is 1. The molecule has 2 fully saturated rings. The number of para-hydroxylation sites is 1. The van der Waals surface area contributed by atoms with Crippen LogP contribution in [0.2, 0.25) is 0 Å². The van der Waals surface area contributed by atoms with Crippen molar-refractivity contribution < 1.29 is 9.59 Å². The Kier molecular flexibility index (Phi) is 5.48. The third kappa shape index (κ3) is 3.70. The first-order chi connectivity index (χ1) is 14.0. The first-order valence-electron chi connectivity index (χ1n) is 10.8. The number of hydrogen-bond donors (Lipinski definition) is 0. The molecule has 1 aromatic heterocycles. The lowest BCUT2D eigenvalue weighted by Crippen LogP contribution is -2.51. The highest BCUT2D eigenvalue weighted by Gasteiger charge is 2.31. The molecule has 5 heteroatoms. The van der Waals surface area contributed by atoms with E-state index in [2.05, 4.69) is 30.5 Å². The molecule has 1 aromatic carbocycles. The van der Waals surface area contributed by atoms with Crippen LogP contribution in [-0.2, 0) is 4.79 Å². The number of benzene rings is 1. The van der Waals surface area contributed by atoms with Crippen molar-refractivity contribution in [1.82, 2.24) is 14.4 Å². The lowest BCUT2D eigenvalue weighted by Gasteiger charge is -2.36. The fourth-order valence-electron chi connectivity index (χ4n) is 4.90. The van der Waals surface area contributed by atoms with Crippen LogP contribution in [0.15, 0.2) is 30.3 Å². The zero-order valence-electron chi connectivity index (χ0n) is 17.8. The van der Waals surface area contributed by atoms with Gasteiger partial charge in [-0.1, -0.05) is 31.0 Å². The Morgan fingerprint density at radius 2 is 1.52 bits per heavy atom. The van der Waals surface area contributed by atoms with Gasteiger partial charge in [-0.15, -0.1) is 0 Å². The molecule has 1 aliphatic heterocycles. The molecule has 1 aliphatic carbocycles. The summed E-state index contributed by atoms with van der Waals surface area (Å²) in [5, 5.41) is 0. The first-order valence-corrected chi connectivity index (χ1v) is 10.8. The molecule has 2 aliphatic rings. The van der Waals surface area contributed by atoms with Crippen molar-refractivity contribution >= 4 is 11.8 Å². The lowest BCUT2D eigenvalue weighted by molar-refractivity contribution is -0.136. The second-order valence-corrected chi connectivity index (χ2v) is 8.51. The zero-order valence-corrected chi connectivity index (χ0v) is 17.8. The van der Waals surface area contributed by atoms with Gasteiger partial charge in [-0.2, -0.15) is 0 Å². The van der Waals surface area contributed by atoms with E-state index >= 15 is 0 Å². The van der Waals surface area contributed by atoms with Gasteiger partial charge in [-0.3, -0.25) is 9.59 Å². The molecule has 4 rings (SSSR count). The zero-order chi connectivity index (χ0) is 20.5. The van der Waals surface area contributed by atoms with E-state index in [1.54, 1.807) is 0 Å². The van der Waals surface area contributed by atoms with E-state index in [0.717, 1.165) is 35.5 Å². The van der Waals surface area contributed by atoms with Crippen molar-refractivity contribution in [2.75, 3.05) is 26.2 Å². The van der Waals surface area contributed by atoms with Gasteiger partial charge in [0.15, 0.2) is 0 Å². The minimum atomic E-state index is 0.0749. The summed E-state index contributed by atoms with van der Waals surface area (Å²) in [6, 6.07) is 10.3. The molecule has 1 saturated heterocycles. The highest BCUT2D eigenvalue weighted by Crippen LogP contribution is 2.28. The van der Waals surface area contributed by atoms with Gasteiger partial charge < -0.3 is 14.4 Å². The molecule has 0 N–H and O–H groups in total. The van der Waals surface area contributed by atoms with Crippen LogP contribution in [-0.4, -0.2) is 52.4 Å². The Bertz CT molecular complexity index is 916. The SMILES string of the molecule is Cc1ccccc1-n1c(C)cc(C(=O)N2CCN(C(=O)C3CCCC3)CC2)c1C.